The quantitative estimate of drug-likeness (QED) is 0.897. The molecule has 0 spiro atoms. The number of anilines is 1. The predicted octanol–water partition coefficient (Wildman–Crippen LogP) is 2.86. The molecule has 0 aliphatic carbocycles. The summed E-state index contributed by atoms with van der Waals surface area (Å²) >= 11 is 0. The second kappa shape index (κ2) is 5.73. The van der Waals surface area contributed by atoms with Crippen LogP contribution in [0.5, 0.6) is 11.5 Å². The van der Waals surface area contributed by atoms with Gasteiger partial charge in [0.1, 0.15) is 17.7 Å². The van der Waals surface area contributed by atoms with Crippen LogP contribution in [-0.4, -0.2) is 30.2 Å². The number of nitrogens with one attached hydrogen (secondary N) is 1. The zero-order valence-electron chi connectivity index (χ0n) is 11.7. The van der Waals surface area contributed by atoms with Crippen molar-refractivity contribution in [2.75, 3.05) is 19.5 Å². The minimum atomic E-state index is 0.353. The first-order valence-electron chi connectivity index (χ1n) is 6.33. The fourth-order valence-corrected chi connectivity index (χ4v) is 1.89. The number of hydrogen-bond acceptors (Lipinski definition) is 5. The minimum absolute atomic E-state index is 0.353. The Bertz CT molecular complexity index is 572. The molecule has 1 aromatic heterocycles. The lowest BCUT2D eigenvalue weighted by Crippen LogP contribution is -2.14. The highest BCUT2D eigenvalue weighted by Crippen LogP contribution is 2.36. The first-order valence-corrected chi connectivity index (χ1v) is 6.33. The molecule has 0 fully saturated rings. The van der Waals surface area contributed by atoms with Gasteiger partial charge in [-0.05, 0) is 25.5 Å². The summed E-state index contributed by atoms with van der Waals surface area (Å²) in [5.74, 6) is 2.12. The molecule has 19 heavy (non-hydrogen) atoms. The molecule has 0 bridgehead atoms. The van der Waals surface area contributed by atoms with Crippen LogP contribution < -0.4 is 14.8 Å². The van der Waals surface area contributed by atoms with Crippen LogP contribution in [0.2, 0.25) is 0 Å². The molecule has 0 saturated carbocycles. The van der Waals surface area contributed by atoms with Crippen molar-refractivity contribution in [2.24, 2.45) is 0 Å². The second-order valence-electron chi connectivity index (χ2n) is 4.37. The van der Waals surface area contributed by atoms with Crippen LogP contribution in [-0.2, 0) is 0 Å². The van der Waals surface area contributed by atoms with Crippen molar-refractivity contribution in [1.82, 2.24) is 9.97 Å². The summed E-state index contributed by atoms with van der Waals surface area (Å²) in [5, 5.41) is 4.31. The Morgan fingerprint density at radius 3 is 2.63 bits per heavy atom. The Morgan fingerprint density at radius 1 is 1.21 bits per heavy atom. The number of aromatic nitrogens is 2. The van der Waals surface area contributed by atoms with E-state index < -0.39 is 0 Å². The number of methoxy groups -OCH3 is 2. The maximum absolute atomic E-state index is 5.39. The first-order chi connectivity index (χ1) is 9.21. The Hall–Kier alpha value is -2.04. The van der Waals surface area contributed by atoms with Crippen LogP contribution in [0.3, 0.4) is 0 Å². The van der Waals surface area contributed by atoms with Gasteiger partial charge in [-0.3, -0.25) is 0 Å². The standard InChI is InChI=1S/C14H19N3O2/c1-5-9(2)17-14-10-6-7-11(18-3)13(19-4)12(10)15-8-16-14/h6-9H,5H2,1-4H3,(H,15,16,17). The van der Waals surface area contributed by atoms with Crippen LogP contribution in [0.4, 0.5) is 5.82 Å². The van der Waals surface area contributed by atoms with Crippen molar-refractivity contribution in [1.29, 1.82) is 0 Å². The Kier molecular flexibility index (Phi) is 4.04. The predicted molar refractivity (Wildman–Crippen MR) is 76.0 cm³/mol. The van der Waals surface area contributed by atoms with Gasteiger partial charge in [0.05, 0.1) is 14.2 Å². The highest BCUT2D eigenvalue weighted by Gasteiger charge is 2.13. The molecule has 0 aliphatic heterocycles. The van der Waals surface area contributed by atoms with Gasteiger partial charge in [0, 0.05) is 11.4 Å². The molecule has 102 valence electrons. The number of ether oxygens (including phenoxy) is 2. The van der Waals surface area contributed by atoms with Gasteiger partial charge >= 0.3 is 0 Å². The summed E-state index contributed by atoms with van der Waals surface area (Å²) in [6.45, 7) is 4.25. The van der Waals surface area contributed by atoms with Gasteiger partial charge in [0.25, 0.3) is 0 Å². The van der Waals surface area contributed by atoms with Gasteiger partial charge in [-0.15, -0.1) is 0 Å². The molecular weight excluding hydrogens is 242 g/mol. The molecule has 5 heteroatoms. The van der Waals surface area contributed by atoms with E-state index >= 15 is 0 Å². The number of fused-ring (bicyclic) bond motifs is 1. The van der Waals surface area contributed by atoms with E-state index in [-0.39, 0.29) is 0 Å². The van der Waals surface area contributed by atoms with Gasteiger partial charge in [-0.1, -0.05) is 6.92 Å². The van der Waals surface area contributed by atoms with E-state index in [4.69, 9.17) is 9.47 Å². The van der Waals surface area contributed by atoms with Crippen molar-refractivity contribution in [3.63, 3.8) is 0 Å². The average Bonchev–Trinajstić information content (AvgIpc) is 2.45. The maximum Gasteiger partial charge on any atom is 0.187 e. The number of rotatable bonds is 5. The molecule has 0 aliphatic rings. The highest BCUT2D eigenvalue weighted by atomic mass is 16.5. The summed E-state index contributed by atoms with van der Waals surface area (Å²) in [4.78, 5) is 8.61. The summed E-state index contributed by atoms with van der Waals surface area (Å²) < 4.78 is 10.7. The molecule has 2 rings (SSSR count). The van der Waals surface area contributed by atoms with Crippen LogP contribution in [0.25, 0.3) is 10.9 Å². The molecule has 1 aromatic carbocycles. The minimum Gasteiger partial charge on any atom is -0.493 e. The number of hydrogen-bond donors (Lipinski definition) is 1. The monoisotopic (exact) mass is 261 g/mol. The summed E-state index contributed by atoms with van der Waals surface area (Å²) in [6, 6.07) is 4.17. The molecule has 0 amide bonds. The van der Waals surface area contributed by atoms with E-state index in [1.54, 1.807) is 14.2 Å². The smallest absolute Gasteiger partial charge is 0.187 e. The Balaban J connectivity index is 2.57. The molecule has 1 atom stereocenters. The van der Waals surface area contributed by atoms with Crippen molar-refractivity contribution in [2.45, 2.75) is 26.3 Å². The zero-order chi connectivity index (χ0) is 13.8. The lowest BCUT2D eigenvalue weighted by atomic mass is 10.2. The summed E-state index contributed by atoms with van der Waals surface area (Å²) in [6.07, 6.45) is 2.56. The summed E-state index contributed by atoms with van der Waals surface area (Å²) in [5.41, 5.74) is 0.752. The van der Waals surface area contributed by atoms with Crippen LogP contribution in [0.1, 0.15) is 20.3 Å². The number of benzene rings is 1. The zero-order valence-corrected chi connectivity index (χ0v) is 11.7. The highest BCUT2D eigenvalue weighted by molar-refractivity contribution is 5.94. The molecule has 2 aromatic rings. The van der Waals surface area contributed by atoms with Crippen molar-refractivity contribution in [3.8, 4) is 11.5 Å². The molecule has 1 heterocycles. The fourth-order valence-electron chi connectivity index (χ4n) is 1.89. The average molecular weight is 261 g/mol. The fraction of sp³-hybridized carbons (Fsp3) is 0.429. The van der Waals surface area contributed by atoms with Crippen molar-refractivity contribution >= 4 is 16.7 Å². The lowest BCUT2D eigenvalue weighted by molar-refractivity contribution is 0.358. The Morgan fingerprint density at radius 2 is 2.00 bits per heavy atom. The van der Waals surface area contributed by atoms with Crippen LogP contribution in [0, 0.1) is 0 Å². The van der Waals surface area contributed by atoms with Gasteiger partial charge < -0.3 is 14.8 Å². The third kappa shape index (κ3) is 2.54. The normalized spacial score (nSPS) is 12.2. The molecule has 5 nitrogen and oxygen atoms in total. The third-order valence-electron chi connectivity index (χ3n) is 3.14. The summed E-state index contributed by atoms with van der Waals surface area (Å²) in [7, 11) is 3.23. The van der Waals surface area contributed by atoms with Gasteiger partial charge in [0.15, 0.2) is 11.5 Å². The molecule has 0 saturated heterocycles. The molecule has 1 unspecified atom stereocenters. The SMILES string of the molecule is CCC(C)Nc1ncnc2c(OC)c(OC)ccc12. The molecule has 0 radical (unpaired) electrons. The third-order valence-corrected chi connectivity index (χ3v) is 3.14. The Labute approximate surface area is 113 Å². The second-order valence-corrected chi connectivity index (χ2v) is 4.37. The van der Waals surface area contributed by atoms with Crippen LogP contribution in [0.15, 0.2) is 18.5 Å². The first kappa shape index (κ1) is 13.4. The van der Waals surface area contributed by atoms with Crippen molar-refractivity contribution in [3.05, 3.63) is 18.5 Å². The number of nitrogens with zero attached hydrogens (tertiary/aromatic N) is 2. The molecular formula is C14H19N3O2. The van der Waals surface area contributed by atoms with Gasteiger partial charge in [-0.25, -0.2) is 9.97 Å². The van der Waals surface area contributed by atoms with Gasteiger partial charge in [-0.2, -0.15) is 0 Å². The van der Waals surface area contributed by atoms with E-state index in [1.807, 2.05) is 12.1 Å². The topological polar surface area (TPSA) is 56.3 Å². The largest absolute Gasteiger partial charge is 0.493 e. The maximum atomic E-state index is 5.39. The van der Waals surface area contributed by atoms with Crippen LogP contribution >= 0.6 is 0 Å². The van der Waals surface area contributed by atoms with E-state index in [1.165, 1.54) is 6.33 Å². The van der Waals surface area contributed by atoms with E-state index in [0.29, 0.717) is 17.5 Å². The van der Waals surface area contributed by atoms with E-state index in [0.717, 1.165) is 23.1 Å². The lowest BCUT2D eigenvalue weighted by Gasteiger charge is -2.15. The van der Waals surface area contributed by atoms with E-state index in [2.05, 4.69) is 29.1 Å². The van der Waals surface area contributed by atoms with E-state index in [9.17, 15) is 0 Å². The van der Waals surface area contributed by atoms with Crippen molar-refractivity contribution < 1.29 is 9.47 Å². The van der Waals surface area contributed by atoms with Gasteiger partial charge in [0.2, 0.25) is 0 Å². The molecule has 1 N–H and O–H groups in total.